The number of hydrogen-bond donors (Lipinski definition) is 1. The molecular weight excluding hydrogens is 258 g/mol. The molecule has 1 unspecified atom stereocenters. The number of likely N-dealkylation sites (tertiary alicyclic amines) is 2. The van der Waals surface area contributed by atoms with Crippen LogP contribution in [-0.4, -0.2) is 78.1 Å². The number of rotatable bonds is 4. The van der Waals surface area contributed by atoms with Crippen molar-refractivity contribution in [3.63, 3.8) is 0 Å². The Hall–Kier alpha value is -1.30. The number of carboxylic acids is 1. The normalized spacial score (nSPS) is 23.9. The fraction of sp³-hybridized carbons (Fsp3) is 0.857. The van der Waals surface area contributed by atoms with Gasteiger partial charge in [-0.05, 0) is 38.8 Å². The van der Waals surface area contributed by atoms with Gasteiger partial charge in [-0.15, -0.1) is 0 Å². The summed E-state index contributed by atoms with van der Waals surface area (Å²) in [6, 6.07) is -0.0323. The van der Waals surface area contributed by atoms with Gasteiger partial charge in [0.15, 0.2) is 0 Å². The molecule has 6 nitrogen and oxygen atoms in total. The monoisotopic (exact) mass is 283 g/mol. The second kappa shape index (κ2) is 6.92. The Labute approximate surface area is 120 Å². The van der Waals surface area contributed by atoms with Gasteiger partial charge in [0, 0.05) is 33.2 Å². The van der Waals surface area contributed by atoms with E-state index < -0.39 is 11.9 Å². The first-order valence-corrected chi connectivity index (χ1v) is 7.53. The number of carboxylic acid groups (broad SMARTS) is 1. The van der Waals surface area contributed by atoms with Crippen LogP contribution in [0.3, 0.4) is 0 Å². The number of piperidine rings is 1. The van der Waals surface area contributed by atoms with Crippen LogP contribution >= 0.6 is 0 Å². The zero-order valence-electron chi connectivity index (χ0n) is 12.3. The number of carbonyl (C=O) groups excluding carboxylic acids is 1. The second-order valence-corrected chi connectivity index (χ2v) is 5.88. The molecular formula is C14H25N3O3. The molecule has 2 fully saturated rings. The zero-order valence-corrected chi connectivity index (χ0v) is 12.3. The van der Waals surface area contributed by atoms with E-state index in [1.807, 2.05) is 7.05 Å². The third kappa shape index (κ3) is 3.85. The maximum Gasteiger partial charge on any atom is 0.319 e. The van der Waals surface area contributed by atoms with Crippen LogP contribution in [0.15, 0.2) is 0 Å². The largest absolute Gasteiger partial charge is 0.481 e. The summed E-state index contributed by atoms with van der Waals surface area (Å²) < 4.78 is 0. The van der Waals surface area contributed by atoms with Crippen molar-refractivity contribution in [2.45, 2.75) is 25.7 Å². The SMILES string of the molecule is CN(CCN1CCCC1)C(=O)N1CCCC(C(=O)O)C1. The standard InChI is InChI=1S/C14H25N3O3/c1-15(9-10-16-6-2-3-7-16)14(20)17-8-4-5-12(11-17)13(18)19/h12H,2-11H2,1H3,(H,18,19). The molecule has 2 aliphatic rings. The molecule has 1 atom stereocenters. The van der Waals surface area contributed by atoms with Crippen LogP contribution in [-0.2, 0) is 4.79 Å². The highest BCUT2D eigenvalue weighted by atomic mass is 16.4. The van der Waals surface area contributed by atoms with Crippen LogP contribution < -0.4 is 0 Å². The summed E-state index contributed by atoms with van der Waals surface area (Å²) in [5.41, 5.74) is 0. The minimum absolute atomic E-state index is 0.0323. The lowest BCUT2D eigenvalue weighted by molar-refractivity contribution is -0.143. The van der Waals surface area contributed by atoms with Crippen molar-refractivity contribution in [1.29, 1.82) is 0 Å². The van der Waals surface area contributed by atoms with Crippen molar-refractivity contribution in [1.82, 2.24) is 14.7 Å². The van der Waals surface area contributed by atoms with Crippen LogP contribution in [0, 0.1) is 5.92 Å². The Kier molecular flexibility index (Phi) is 5.23. The van der Waals surface area contributed by atoms with Crippen LogP contribution in [0.1, 0.15) is 25.7 Å². The van der Waals surface area contributed by atoms with Crippen molar-refractivity contribution in [2.24, 2.45) is 5.92 Å². The lowest BCUT2D eigenvalue weighted by atomic mass is 9.99. The number of nitrogens with zero attached hydrogens (tertiary/aromatic N) is 3. The van der Waals surface area contributed by atoms with E-state index in [1.54, 1.807) is 9.80 Å². The third-order valence-electron chi connectivity index (χ3n) is 4.32. The molecule has 114 valence electrons. The van der Waals surface area contributed by atoms with E-state index in [9.17, 15) is 9.59 Å². The van der Waals surface area contributed by atoms with Gasteiger partial charge in [-0.1, -0.05) is 0 Å². The minimum atomic E-state index is -0.790. The van der Waals surface area contributed by atoms with Crippen molar-refractivity contribution < 1.29 is 14.7 Å². The van der Waals surface area contributed by atoms with Gasteiger partial charge in [0.2, 0.25) is 0 Å². The lowest BCUT2D eigenvalue weighted by Crippen LogP contribution is -2.48. The molecule has 2 heterocycles. The molecule has 2 saturated heterocycles. The summed E-state index contributed by atoms with van der Waals surface area (Å²) in [6.45, 7) is 4.92. The first-order chi connectivity index (χ1) is 9.58. The van der Waals surface area contributed by atoms with Gasteiger partial charge >= 0.3 is 12.0 Å². The van der Waals surface area contributed by atoms with Crippen LogP contribution in [0.25, 0.3) is 0 Å². The van der Waals surface area contributed by atoms with Crippen LogP contribution in [0.2, 0.25) is 0 Å². The molecule has 0 radical (unpaired) electrons. The maximum atomic E-state index is 12.3. The average Bonchev–Trinajstić information content (AvgIpc) is 2.97. The molecule has 6 heteroatoms. The minimum Gasteiger partial charge on any atom is -0.481 e. The summed E-state index contributed by atoms with van der Waals surface area (Å²) >= 11 is 0. The molecule has 0 aromatic rings. The highest BCUT2D eigenvalue weighted by molar-refractivity contribution is 5.76. The van der Waals surface area contributed by atoms with Gasteiger partial charge in [-0.25, -0.2) is 4.79 Å². The zero-order chi connectivity index (χ0) is 14.5. The Morgan fingerprint density at radius 3 is 2.55 bits per heavy atom. The van der Waals surface area contributed by atoms with E-state index >= 15 is 0 Å². The molecule has 20 heavy (non-hydrogen) atoms. The molecule has 0 spiro atoms. The molecule has 2 rings (SSSR count). The van der Waals surface area contributed by atoms with E-state index in [0.29, 0.717) is 26.1 Å². The van der Waals surface area contributed by atoms with E-state index in [2.05, 4.69) is 4.90 Å². The Balaban J connectivity index is 1.78. The van der Waals surface area contributed by atoms with Gasteiger partial charge in [-0.2, -0.15) is 0 Å². The number of carbonyl (C=O) groups is 2. The predicted molar refractivity (Wildman–Crippen MR) is 75.6 cm³/mol. The Morgan fingerprint density at radius 2 is 1.90 bits per heavy atom. The second-order valence-electron chi connectivity index (χ2n) is 5.88. The van der Waals surface area contributed by atoms with E-state index in [1.165, 1.54) is 12.8 Å². The summed E-state index contributed by atoms with van der Waals surface area (Å²) in [5, 5.41) is 9.07. The molecule has 0 bridgehead atoms. The Bertz CT molecular complexity index is 356. The number of urea groups is 1. The highest BCUT2D eigenvalue weighted by Gasteiger charge is 2.29. The molecule has 1 N–H and O–H groups in total. The summed E-state index contributed by atoms with van der Waals surface area (Å²) in [7, 11) is 1.81. The number of likely N-dealkylation sites (N-methyl/N-ethyl adjacent to an activating group) is 1. The summed E-state index contributed by atoms with van der Waals surface area (Å²) in [4.78, 5) is 29.1. The molecule has 0 aromatic carbocycles. The fourth-order valence-electron chi connectivity index (χ4n) is 2.99. The quantitative estimate of drug-likeness (QED) is 0.833. The van der Waals surface area contributed by atoms with Crippen LogP contribution in [0.4, 0.5) is 4.79 Å². The highest BCUT2D eigenvalue weighted by Crippen LogP contribution is 2.17. The number of hydrogen-bond acceptors (Lipinski definition) is 3. The van der Waals surface area contributed by atoms with Gasteiger partial charge in [0.1, 0.15) is 0 Å². The number of amides is 2. The summed E-state index contributed by atoms with van der Waals surface area (Å²) in [5.74, 6) is -1.19. The van der Waals surface area contributed by atoms with E-state index in [4.69, 9.17) is 5.11 Å². The van der Waals surface area contributed by atoms with Crippen LogP contribution in [0.5, 0.6) is 0 Å². The fourth-order valence-corrected chi connectivity index (χ4v) is 2.99. The summed E-state index contributed by atoms with van der Waals surface area (Å²) in [6.07, 6.45) is 3.97. The van der Waals surface area contributed by atoms with E-state index in [0.717, 1.165) is 26.1 Å². The average molecular weight is 283 g/mol. The van der Waals surface area contributed by atoms with Crippen molar-refractivity contribution >= 4 is 12.0 Å². The van der Waals surface area contributed by atoms with Crippen molar-refractivity contribution in [2.75, 3.05) is 46.3 Å². The predicted octanol–water partition coefficient (Wildman–Crippen LogP) is 0.931. The lowest BCUT2D eigenvalue weighted by Gasteiger charge is -2.34. The molecule has 0 aromatic heterocycles. The molecule has 2 aliphatic heterocycles. The first kappa shape index (κ1) is 15.1. The van der Waals surface area contributed by atoms with Crippen molar-refractivity contribution in [3.05, 3.63) is 0 Å². The molecule has 0 saturated carbocycles. The topological polar surface area (TPSA) is 64.1 Å². The van der Waals surface area contributed by atoms with Gasteiger partial charge in [0.05, 0.1) is 5.92 Å². The van der Waals surface area contributed by atoms with Gasteiger partial charge < -0.3 is 19.8 Å². The van der Waals surface area contributed by atoms with Gasteiger partial charge in [0.25, 0.3) is 0 Å². The number of aliphatic carboxylic acids is 1. The van der Waals surface area contributed by atoms with E-state index in [-0.39, 0.29) is 6.03 Å². The Morgan fingerprint density at radius 1 is 1.20 bits per heavy atom. The smallest absolute Gasteiger partial charge is 0.319 e. The van der Waals surface area contributed by atoms with Gasteiger partial charge in [-0.3, -0.25) is 4.79 Å². The third-order valence-corrected chi connectivity index (χ3v) is 4.32. The first-order valence-electron chi connectivity index (χ1n) is 7.53. The van der Waals surface area contributed by atoms with Crippen molar-refractivity contribution in [3.8, 4) is 0 Å². The maximum absolute atomic E-state index is 12.3. The molecule has 0 aliphatic carbocycles. The molecule has 2 amide bonds.